The van der Waals surface area contributed by atoms with Crippen LogP contribution < -0.4 is 16.7 Å². The Bertz CT molecular complexity index is 1040. The highest BCUT2D eigenvalue weighted by Gasteiger charge is 2.17. The molecule has 0 amide bonds. The number of aromatic nitrogens is 4. The summed E-state index contributed by atoms with van der Waals surface area (Å²) in [7, 11) is 8.86. The predicted molar refractivity (Wildman–Crippen MR) is 91.2 cm³/mol. The quantitative estimate of drug-likeness (QED) is 0.636. The zero-order chi connectivity index (χ0) is 16.7. The van der Waals surface area contributed by atoms with E-state index in [1.165, 1.54) is 11.6 Å². The minimum atomic E-state index is -0.410. The van der Waals surface area contributed by atoms with E-state index in [0.29, 0.717) is 29.0 Å². The summed E-state index contributed by atoms with van der Waals surface area (Å²) in [6, 6.07) is 7.41. The highest BCUT2D eigenvalue weighted by molar-refractivity contribution is 6.32. The van der Waals surface area contributed by atoms with Gasteiger partial charge in [-0.2, -0.15) is 0 Å². The Kier molecular flexibility index (Phi) is 3.56. The molecule has 0 saturated heterocycles. The zero-order valence-electron chi connectivity index (χ0n) is 13.0. The van der Waals surface area contributed by atoms with Gasteiger partial charge in [-0.3, -0.25) is 13.9 Å². The van der Waals surface area contributed by atoms with Crippen molar-refractivity contribution in [2.45, 2.75) is 6.54 Å². The highest BCUT2D eigenvalue weighted by Crippen LogP contribution is 2.14. The van der Waals surface area contributed by atoms with Crippen LogP contribution in [-0.2, 0) is 20.6 Å². The standard InChI is InChI=1S/C16H15BN4O2/c1-4-12-18-14-13(15(22)20(3)16(23)19(14)2)21(12)9-10-6-5-7-11(17)8-10/h4-8H,1,9H2,2-3H3. The normalized spacial score (nSPS) is 11.0. The maximum Gasteiger partial charge on any atom is 0.332 e. The number of fused-ring (bicyclic) bond motifs is 1. The third kappa shape index (κ3) is 2.34. The van der Waals surface area contributed by atoms with E-state index >= 15 is 0 Å². The van der Waals surface area contributed by atoms with Crippen LogP contribution in [-0.4, -0.2) is 26.5 Å². The first-order valence-corrected chi connectivity index (χ1v) is 7.07. The maximum absolute atomic E-state index is 12.5. The van der Waals surface area contributed by atoms with Gasteiger partial charge in [0.25, 0.3) is 5.56 Å². The molecule has 0 saturated carbocycles. The molecule has 0 spiro atoms. The van der Waals surface area contributed by atoms with Gasteiger partial charge in [0.1, 0.15) is 13.7 Å². The first-order valence-electron chi connectivity index (χ1n) is 7.07. The Balaban J connectivity index is 2.33. The van der Waals surface area contributed by atoms with E-state index in [-0.39, 0.29) is 5.56 Å². The van der Waals surface area contributed by atoms with Gasteiger partial charge in [0.15, 0.2) is 11.2 Å². The van der Waals surface area contributed by atoms with E-state index in [1.54, 1.807) is 23.8 Å². The molecule has 23 heavy (non-hydrogen) atoms. The topological polar surface area (TPSA) is 61.8 Å². The van der Waals surface area contributed by atoms with Crippen molar-refractivity contribution in [1.82, 2.24) is 18.7 Å². The lowest BCUT2D eigenvalue weighted by atomic mass is 9.94. The average molecular weight is 306 g/mol. The van der Waals surface area contributed by atoms with Crippen LogP contribution in [0.5, 0.6) is 0 Å². The van der Waals surface area contributed by atoms with E-state index in [9.17, 15) is 9.59 Å². The predicted octanol–water partition coefficient (Wildman–Crippen LogP) is -0.0812. The van der Waals surface area contributed by atoms with Gasteiger partial charge in [-0.25, -0.2) is 9.78 Å². The lowest BCUT2D eigenvalue weighted by Gasteiger charge is -2.09. The fraction of sp³-hybridized carbons (Fsp3) is 0.188. The van der Waals surface area contributed by atoms with Crippen LogP contribution in [0.2, 0.25) is 0 Å². The second-order valence-corrected chi connectivity index (χ2v) is 5.38. The third-order valence-corrected chi connectivity index (χ3v) is 3.85. The van der Waals surface area contributed by atoms with Crippen LogP contribution in [0.4, 0.5) is 0 Å². The minimum absolute atomic E-state index is 0.344. The van der Waals surface area contributed by atoms with Gasteiger partial charge in [0.2, 0.25) is 0 Å². The summed E-state index contributed by atoms with van der Waals surface area (Å²) in [5, 5.41) is 0. The van der Waals surface area contributed by atoms with Crippen molar-refractivity contribution in [1.29, 1.82) is 0 Å². The summed E-state index contributed by atoms with van der Waals surface area (Å²) in [5.74, 6) is 0.528. The molecule has 1 aromatic carbocycles. The van der Waals surface area contributed by atoms with Crippen molar-refractivity contribution >= 4 is 30.5 Å². The summed E-state index contributed by atoms with van der Waals surface area (Å²) < 4.78 is 4.19. The maximum atomic E-state index is 12.5. The largest absolute Gasteiger partial charge is 0.332 e. The molecule has 2 heterocycles. The van der Waals surface area contributed by atoms with Gasteiger partial charge >= 0.3 is 5.69 Å². The SMILES string of the molecule is [B]c1cccc(Cn2c(C=C)nc3c2c(=O)n(C)c(=O)n3C)c1. The van der Waals surface area contributed by atoms with Crippen LogP contribution in [0.15, 0.2) is 40.4 Å². The van der Waals surface area contributed by atoms with E-state index in [1.807, 2.05) is 18.2 Å². The Morgan fingerprint density at radius 3 is 2.65 bits per heavy atom. The molecule has 2 aromatic heterocycles. The van der Waals surface area contributed by atoms with Crippen LogP contribution in [0.25, 0.3) is 17.2 Å². The molecular formula is C16H15BN4O2. The molecule has 2 radical (unpaired) electrons. The Hall–Kier alpha value is -2.83. The van der Waals surface area contributed by atoms with E-state index in [2.05, 4.69) is 11.6 Å². The molecule has 0 aliphatic rings. The molecule has 7 heteroatoms. The van der Waals surface area contributed by atoms with Gasteiger partial charge in [-0.1, -0.05) is 36.3 Å². The van der Waals surface area contributed by atoms with E-state index < -0.39 is 5.69 Å². The lowest BCUT2D eigenvalue weighted by molar-refractivity contribution is 0.702. The minimum Gasteiger partial charge on any atom is -0.314 e. The number of nitrogens with zero attached hydrogens (tertiary/aromatic N) is 4. The van der Waals surface area contributed by atoms with Gasteiger partial charge < -0.3 is 4.57 Å². The first-order chi connectivity index (χ1) is 10.9. The Morgan fingerprint density at radius 2 is 2.00 bits per heavy atom. The fourth-order valence-corrected chi connectivity index (χ4v) is 2.65. The van der Waals surface area contributed by atoms with Crippen molar-refractivity contribution in [2.75, 3.05) is 0 Å². The second-order valence-electron chi connectivity index (χ2n) is 5.38. The van der Waals surface area contributed by atoms with Crippen LogP contribution in [0.1, 0.15) is 11.4 Å². The van der Waals surface area contributed by atoms with Crippen LogP contribution >= 0.6 is 0 Å². The summed E-state index contributed by atoms with van der Waals surface area (Å²) in [6.07, 6.45) is 1.57. The average Bonchev–Trinajstić information content (AvgIpc) is 2.89. The van der Waals surface area contributed by atoms with E-state index in [0.717, 1.165) is 10.1 Å². The number of rotatable bonds is 3. The van der Waals surface area contributed by atoms with Gasteiger partial charge in [0.05, 0.1) is 0 Å². The number of imidazole rings is 1. The van der Waals surface area contributed by atoms with Crippen LogP contribution in [0.3, 0.4) is 0 Å². The number of hydrogen-bond acceptors (Lipinski definition) is 3. The summed E-state index contributed by atoms with van der Waals surface area (Å²) in [6.45, 7) is 4.16. The molecule has 0 fully saturated rings. The third-order valence-electron chi connectivity index (χ3n) is 3.85. The molecule has 0 bridgehead atoms. The molecule has 3 aromatic rings. The molecule has 0 atom stereocenters. The van der Waals surface area contributed by atoms with Gasteiger partial charge in [0, 0.05) is 20.6 Å². The molecular weight excluding hydrogens is 291 g/mol. The molecule has 0 unspecified atom stereocenters. The number of aryl methyl sites for hydroxylation is 1. The molecule has 0 aliphatic heterocycles. The van der Waals surface area contributed by atoms with Crippen molar-refractivity contribution in [3.63, 3.8) is 0 Å². The van der Waals surface area contributed by atoms with Crippen molar-refractivity contribution in [3.05, 3.63) is 63.1 Å². The Labute approximate surface area is 133 Å². The van der Waals surface area contributed by atoms with Crippen molar-refractivity contribution < 1.29 is 0 Å². The Morgan fingerprint density at radius 1 is 1.26 bits per heavy atom. The zero-order valence-corrected chi connectivity index (χ0v) is 13.0. The van der Waals surface area contributed by atoms with E-state index in [4.69, 9.17) is 7.85 Å². The van der Waals surface area contributed by atoms with Gasteiger partial charge in [-0.05, 0) is 11.6 Å². The lowest BCUT2D eigenvalue weighted by Crippen LogP contribution is -2.37. The molecule has 0 N–H and O–H groups in total. The van der Waals surface area contributed by atoms with Crippen molar-refractivity contribution in [2.24, 2.45) is 14.1 Å². The smallest absolute Gasteiger partial charge is 0.314 e. The number of benzene rings is 1. The van der Waals surface area contributed by atoms with Crippen LogP contribution in [0, 0.1) is 0 Å². The fourth-order valence-electron chi connectivity index (χ4n) is 2.65. The summed E-state index contributed by atoms with van der Waals surface area (Å²) >= 11 is 0. The number of hydrogen-bond donors (Lipinski definition) is 0. The molecule has 6 nitrogen and oxygen atoms in total. The second kappa shape index (κ2) is 5.42. The van der Waals surface area contributed by atoms with Gasteiger partial charge in [-0.15, -0.1) is 0 Å². The monoisotopic (exact) mass is 306 g/mol. The summed E-state index contributed by atoms with van der Waals surface area (Å²) in [5.41, 5.74) is 1.50. The molecule has 3 rings (SSSR count). The molecule has 114 valence electrons. The van der Waals surface area contributed by atoms with Crippen molar-refractivity contribution in [3.8, 4) is 0 Å². The highest BCUT2D eigenvalue weighted by atomic mass is 16.2. The summed E-state index contributed by atoms with van der Waals surface area (Å²) in [4.78, 5) is 29.0. The first kappa shape index (κ1) is 15.1. The molecule has 0 aliphatic carbocycles.